The minimum absolute atomic E-state index is 0.0623. The number of hydrogen-bond acceptors (Lipinski definition) is 7. The number of alkyl halides is 6. The number of nitrogens with zero attached hydrogens (tertiary/aromatic N) is 1. The Balaban J connectivity index is 1.42. The number of hydrogen-bond donors (Lipinski definition) is 3. The molecule has 1 spiro atoms. The van der Waals surface area contributed by atoms with Crippen LogP contribution in [0.2, 0.25) is 0 Å². The van der Waals surface area contributed by atoms with E-state index in [1.54, 1.807) is 17.6 Å². The second-order valence-corrected chi connectivity index (χ2v) is 11.9. The van der Waals surface area contributed by atoms with Crippen LogP contribution in [-0.4, -0.2) is 65.1 Å². The molecular weight excluding hydrogens is 668 g/mol. The number of aliphatic carboxylic acids is 1. The first-order valence-electron chi connectivity index (χ1n) is 14.5. The Morgan fingerprint density at radius 2 is 1.27 bits per heavy atom. The van der Waals surface area contributed by atoms with Gasteiger partial charge in [-0.3, -0.25) is 19.2 Å². The van der Waals surface area contributed by atoms with E-state index < -0.39 is 53.0 Å². The summed E-state index contributed by atoms with van der Waals surface area (Å²) in [5.74, 6) is -7.48. The molecule has 3 aliphatic rings. The monoisotopic (exact) mass is 691 g/mol. The van der Waals surface area contributed by atoms with Crippen molar-refractivity contribution in [1.29, 1.82) is 0 Å². The molecule has 0 unspecified atom stereocenters. The average molecular weight is 692 g/mol. The highest BCUT2D eigenvalue weighted by Crippen LogP contribution is 2.57. The molecule has 3 aromatic carbocycles. The summed E-state index contributed by atoms with van der Waals surface area (Å²) in [7, 11) is 0. The smallest absolute Gasteiger partial charge is 0.471 e. The predicted molar refractivity (Wildman–Crippen MR) is 155 cm³/mol. The van der Waals surface area contributed by atoms with Crippen LogP contribution >= 0.6 is 0 Å². The Bertz CT molecular complexity index is 1870. The normalized spacial score (nSPS) is 17.2. The maximum atomic E-state index is 13.5. The minimum atomic E-state index is -5.24. The molecule has 3 heterocycles. The molecule has 1 saturated heterocycles. The van der Waals surface area contributed by atoms with Crippen molar-refractivity contribution >= 4 is 41.0 Å². The highest BCUT2D eigenvalue weighted by atomic mass is 19.4. The molecule has 256 valence electrons. The molecule has 3 amide bonds. The van der Waals surface area contributed by atoms with Crippen LogP contribution in [0.1, 0.15) is 57.2 Å². The van der Waals surface area contributed by atoms with Crippen molar-refractivity contribution < 1.29 is 64.9 Å². The van der Waals surface area contributed by atoms with E-state index in [2.05, 4.69) is 0 Å². The summed E-state index contributed by atoms with van der Waals surface area (Å²) in [6.07, 6.45) is -10.1. The predicted octanol–water partition coefficient (Wildman–Crippen LogP) is 5.58. The first kappa shape index (κ1) is 33.3. The highest BCUT2D eigenvalue weighted by Gasteiger charge is 2.54. The summed E-state index contributed by atoms with van der Waals surface area (Å²) in [5.41, 5.74) is -3.39. The molecule has 0 atom stereocenters. The molecule has 3 aliphatic heterocycles. The van der Waals surface area contributed by atoms with Crippen molar-refractivity contribution in [2.45, 2.75) is 37.7 Å². The van der Waals surface area contributed by atoms with Gasteiger partial charge in [-0.15, -0.1) is 0 Å². The van der Waals surface area contributed by atoms with E-state index >= 15 is 0 Å². The van der Waals surface area contributed by atoms with E-state index in [9.17, 15) is 55.4 Å². The van der Waals surface area contributed by atoms with Crippen LogP contribution in [0.3, 0.4) is 0 Å². The van der Waals surface area contributed by atoms with Gasteiger partial charge < -0.3 is 30.1 Å². The van der Waals surface area contributed by atoms with E-state index in [1.165, 1.54) is 35.2 Å². The van der Waals surface area contributed by atoms with Gasteiger partial charge in [-0.1, -0.05) is 6.07 Å². The molecular formula is C32H23F6N3O8. The van der Waals surface area contributed by atoms with Gasteiger partial charge in [-0.05, 0) is 56.2 Å². The topological polar surface area (TPSA) is 151 Å². The summed E-state index contributed by atoms with van der Waals surface area (Å²) in [5, 5.41) is 12.9. The van der Waals surface area contributed by atoms with Crippen LogP contribution in [-0.2, 0) is 24.7 Å². The van der Waals surface area contributed by atoms with Gasteiger partial charge in [0.15, 0.2) is 5.60 Å². The lowest BCUT2D eigenvalue weighted by Crippen LogP contribution is -2.45. The third kappa shape index (κ3) is 5.67. The van der Waals surface area contributed by atoms with Crippen molar-refractivity contribution in [3.05, 3.63) is 82.4 Å². The van der Waals surface area contributed by atoms with Gasteiger partial charge in [-0.25, -0.2) is 4.79 Å². The Morgan fingerprint density at radius 1 is 0.776 bits per heavy atom. The molecule has 11 nitrogen and oxygen atoms in total. The van der Waals surface area contributed by atoms with Crippen LogP contribution in [0.4, 0.5) is 37.7 Å². The third-order valence-electron chi connectivity index (χ3n) is 8.75. The number of halogens is 6. The summed E-state index contributed by atoms with van der Waals surface area (Å²) < 4.78 is 89.6. The zero-order valence-electron chi connectivity index (χ0n) is 25.0. The number of nitrogens with one attached hydrogen (secondary N) is 2. The fraction of sp³-hybridized carbons (Fsp3) is 0.281. The fourth-order valence-electron chi connectivity index (χ4n) is 6.02. The molecule has 0 aliphatic carbocycles. The number of rotatable bonds is 4. The van der Waals surface area contributed by atoms with Crippen LogP contribution in [0.25, 0.3) is 0 Å². The first-order valence-corrected chi connectivity index (χ1v) is 14.5. The highest BCUT2D eigenvalue weighted by molar-refractivity contribution is 6.02. The first-order chi connectivity index (χ1) is 22.8. The van der Waals surface area contributed by atoms with E-state index in [1.807, 2.05) is 0 Å². The van der Waals surface area contributed by atoms with Crippen LogP contribution in [0.15, 0.2) is 54.6 Å². The standard InChI is InChI=1S/C32H23F6N3O8/c1-29(28(46)47)8-10-41(11-9-29)24(42)15-2-5-19-18(12-15)25(43)49-30(19)20-6-3-16(39-26(44)31(33,34)35)13-22(20)48-23-14-17(4-7-21(23)30)40-27(45)32(36,37)38/h2-7,12-14H,8-11H2,1H3,(H,39,44)(H,40,45)(H,46,47). The van der Waals surface area contributed by atoms with Crippen molar-refractivity contribution in [2.75, 3.05) is 23.7 Å². The molecule has 0 aromatic heterocycles. The number of likely N-dealkylation sites (tertiary alicyclic amines) is 1. The summed E-state index contributed by atoms with van der Waals surface area (Å²) in [6, 6.07) is 10.8. The van der Waals surface area contributed by atoms with Gasteiger partial charge >= 0.3 is 36.1 Å². The number of esters is 1. The number of piperidine rings is 1. The number of fused-ring (bicyclic) bond motifs is 6. The molecule has 17 heteroatoms. The number of benzene rings is 3. The lowest BCUT2D eigenvalue weighted by Gasteiger charge is -2.37. The lowest BCUT2D eigenvalue weighted by molar-refractivity contribution is -0.167. The van der Waals surface area contributed by atoms with Gasteiger partial charge in [0.25, 0.3) is 5.91 Å². The largest absolute Gasteiger partial charge is 0.481 e. The van der Waals surface area contributed by atoms with Crippen molar-refractivity contribution in [1.82, 2.24) is 4.90 Å². The SMILES string of the molecule is CC1(C(=O)O)CCN(C(=O)c2ccc3c(c2)C(=O)OC32c3ccc(NC(=O)C(F)(F)F)cc3Oc3cc(NC(=O)C(F)(F)F)ccc32)CC1. The van der Waals surface area contributed by atoms with Gasteiger partial charge in [0, 0.05) is 58.9 Å². The maximum Gasteiger partial charge on any atom is 0.471 e. The molecule has 6 rings (SSSR count). The molecule has 3 N–H and O–H groups in total. The molecule has 0 bridgehead atoms. The Kier molecular flexibility index (Phi) is 7.64. The van der Waals surface area contributed by atoms with Crippen molar-refractivity contribution in [3.8, 4) is 11.5 Å². The van der Waals surface area contributed by atoms with Crippen LogP contribution in [0, 0.1) is 5.41 Å². The number of carbonyl (C=O) groups is 5. The number of amides is 3. The second kappa shape index (κ2) is 11.2. The van der Waals surface area contributed by atoms with Gasteiger partial charge in [-0.2, -0.15) is 26.3 Å². The Hall–Kier alpha value is -5.61. The summed E-state index contributed by atoms with van der Waals surface area (Å²) in [6.45, 7) is 1.88. The van der Waals surface area contributed by atoms with Crippen molar-refractivity contribution in [2.24, 2.45) is 5.41 Å². The molecule has 1 fully saturated rings. The minimum Gasteiger partial charge on any atom is -0.481 e. The van der Waals surface area contributed by atoms with Gasteiger partial charge in [0.2, 0.25) is 0 Å². The van der Waals surface area contributed by atoms with E-state index in [-0.39, 0.29) is 76.6 Å². The van der Waals surface area contributed by atoms with Crippen LogP contribution < -0.4 is 15.4 Å². The van der Waals surface area contributed by atoms with Crippen LogP contribution in [0.5, 0.6) is 11.5 Å². The third-order valence-corrected chi connectivity index (χ3v) is 8.75. The van der Waals surface area contributed by atoms with Gasteiger partial charge in [0.1, 0.15) is 11.5 Å². The Morgan fingerprint density at radius 3 is 1.73 bits per heavy atom. The number of anilines is 2. The van der Waals surface area contributed by atoms with E-state index in [0.29, 0.717) is 0 Å². The number of carboxylic acid groups (broad SMARTS) is 1. The number of carbonyl (C=O) groups excluding carboxylic acids is 4. The zero-order valence-corrected chi connectivity index (χ0v) is 25.0. The molecule has 0 saturated carbocycles. The number of ether oxygens (including phenoxy) is 2. The Labute approximate surface area is 271 Å². The summed E-state index contributed by atoms with van der Waals surface area (Å²) >= 11 is 0. The van der Waals surface area contributed by atoms with E-state index in [4.69, 9.17) is 9.47 Å². The molecule has 3 aromatic rings. The fourth-order valence-corrected chi connectivity index (χ4v) is 6.02. The van der Waals surface area contributed by atoms with Gasteiger partial charge in [0.05, 0.1) is 11.0 Å². The van der Waals surface area contributed by atoms with E-state index in [0.717, 1.165) is 24.3 Å². The average Bonchev–Trinajstić information content (AvgIpc) is 3.31. The van der Waals surface area contributed by atoms with Crippen molar-refractivity contribution in [3.63, 3.8) is 0 Å². The molecule has 0 radical (unpaired) electrons. The maximum absolute atomic E-state index is 13.5. The lowest BCUT2D eigenvalue weighted by atomic mass is 9.77. The second-order valence-electron chi connectivity index (χ2n) is 11.9. The summed E-state index contributed by atoms with van der Waals surface area (Å²) in [4.78, 5) is 63.2. The zero-order chi connectivity index (χ0) is 35.7. The number of carboxylic acids is 1. The molecule has 49 heavy (non-hydrogen) atoms. The quantitative estimate of drug-likeness (QED) is 0.237.